The first-order chi connectivity index (χ1) is 12.6. The van der Waals surface area contributed by atoms with Crippen LogP contribution in [0.1, 0.15) is 21.7 Å². The molecule has 1 saturated heterocycles. The highest BCUT2D eigenvalue weighted by molar-refractivity contribution is 9.10. The Labute approximate surface area is 168 Å². The minimum Gasteiger partial charge on any atom is -0.381 e. The number of thiophene rings is 1. The summed E-state index contributed by atoms with van der Waals surface area (Å²) in [6, 6.07) is 11.1. The summed E-state index contributed by atoms with van der Waals surface area (Å²) >= 11 is 6.30. The van der Waals surface area contributed by atoms with Crippen LogP contribution in [-0.2, 0) is 10.3 Å². The third kappa shape index (κ3) is 3.36. The Bertz CT molecular complexity index is 842. The first-order valence-corrected chi connectivity index (χ1v) is 10.8. The van der Waals surface area contributed by atoms with Crippen LogP contribution in [0.25, 0.3) is 0 Å². The van der Waals surface area contributed by atoms with Gasteiger partial charge in [0.2, 0.25) is 0 Å². The Balaban J connectivity index is 1.69. The second-order valence-corrected chi connectivity index (χ2v) is 9.16. The maximum Gasteiger partial charge on any atom is 0.257 e. The van der Waals surface area contributed by atoms with Gasteiger partial charge >= 0.3 is 0 Å². The normalized spacial score (nSPS) is 28.2. The van der Waals surface area contributed by atoms with Gasteiger partial charge < -0.3 is 15.2 Å². The van der Waals surface area contributed by atoms with Gasteiger partial charge in [-0.25, -0.2) is 4.99 Å². The molecule has 1 amide bonds. The maximum atomic E-state index is 12.5. The molecule has 3 atom stereocenters. The van der Waals surface area contributed by atoms with Crippen molar-refractivity contribution in [1.29, 1.82) is 0 Å². The summed E-state index contributed by atoms with van der Waals surface area (Å²) in [5, 5.41) is 16.1. The van der Waals surface area contributed by atoms with E-state index in [2.05, 4.69) is 21.2 Å². The first-order valence-electron chi connectivity index (χ1n) is 8.22. The highest BCUT2D eigenvalue weighted by Crippen LogP contribution is 2.50. The van der Waals surface area contributed by atoms with Crippen molar-refractivity contribution in [2.45, 2.75) is 17.4 Å². The number of carbonyl (C=O) groups excluding carboxylic acids is 1. The Morgan fingerprint density at radius 3 is 2.92 bits per heavy atom. The van der Waals surface area contributed by atoms with E-state index < -0.39 is 11.0 Å². The molecule has 136 valence electrons. The van der Waals surface area contributed by atoms with Gasteiger partial charge in [-0.1, -0.05) is 30.0 Å². The van der Waals surface area contributed by atoms with Crippen molar-refractivity contribution in [2.24, 2.45) is 10.9 Å². The number of aliphatic imine (C=N–C) groups is 1. The molecule has 2 aliphatic rings. The Morgan fingerprint density at radius 2 is 2.19 bits per heavy atom. The lowest BCUT2D eigenvalue weighted by molar-refractivity contribution is -0.0314. The Morgan fingerprint density at radius 1 is 1.38 bits per heavy atom. The molecule has 1 aromatic carbocycles. The molecule has 2 N–H and O–H groups in total. The van der Waals surface area contributed by atoms with Crippen LogP contribution in [0.5, 0.6) is 0 Å². The van der Waals surface area contributed by atoms with Crippen LogP contribution in [0.2, 0.25) is 0 Å². The third-order valence-electron chi connectivity index (χ3n) is 4.67. The van der Waals surface area contributed by atoms with Gasteiger partial charge in [0.1, 0.15) is 11.0 Å². The van der Waals surface area contributed by atoms with Crippen LogP contribution in [0.15, 0.2) is 51.2 Å². The summed E-state index contributed by atoms with van der Waals surface area (Å²) in [6.07, 6.45) is 0.674. The molecule has 1 unspecified atom stereocenters. The number of rotatable bonds is 2. The fourth-order valence-corrected chi connectivity index (χ4v) is 6.07. The molecule has 2 aromatic rings. The number of benzene rings is 1. The molecule has 0 bridgehead atoms. The lowest BCUT2D eigenvalue weighted by Gasteiger charge is -2.45. The average Bonchev–Trinajstić information content (AvgIpc) is 3.09. The van der Waals surface area contributed by atoms with Gasteiger partial charge in [0.15, 0.2) is 5.17 Å². The van der Waals surface area contributed by atoms with E-state index in [-0.39, 0.29) is 11.8 Å². The number of nitrogens with one attached hydrogen (secondary N) is 1. The van der Waals surface area contributed by atoms with E-state index in [1.165, 1.54) is 11.8 Å². The zero-order valence-corrected chi connectivity index (χ0v) is 16.9. The van der Waals surface area contributed by atoms with E-state index in [1.54, 1.807) is 23.5 Å². The fraction of sp³-hybridized carbons (Fsp3) is 0.333. The van der Waals surface area contributed by atoms with Crippen LogP contribution in [-0.4, -0.2) is 34.8 Å². The van der Waals surface area contributed by atoms with Crippen molar-refractivity contribution < 1.29 is 14.6 Å². The Kier molecular flexibility index (Phi) is 5.20. The number of thioether (sulfide) groups is 1. The monoisotopic (exact) mass is 452 g/mol. The summed E-state index contributed by atoms with van der Waals surface area (Å²) in [6.45, 7) is 1.03. The minimum absolute atomic E-state index is 0.149. The molecular weight excluding hydrogens is 436 g/mol. The molecule has 0 radical (unpaired) electrons. The quantitative estimate of drug-likeness (QED) is 0.729. The third-order valence-corrected chi connectivity index (χ3v) is 7.51. The molecule has 8 heteroatoms. The van der Waals surface area contributed by atoms with Crippen LogP contribution in [0, 0.1) is 5.92 Å². The number of amides is 1. The van der Waals surface area contributed by atoms with E-state index in [0.717, 1.165) is 9.35 Å². The van der Waals surface area contributed by atoms with E-state index in [4.69, 9.17) is 9.73 Å². The molecule has 1 fully saturated rings. The zero-order valence-electron chi connectivity index (χ0n) is 13.7. The van der Waals surface area contributed by atoms with Gasteiger partial charge in [-0.3, -0.25) is 4.79 Å². The molecule has 4 rings (SSSR count). The zero-order chi connectivity index (χ0) is 18.1. The second-order valence-electron chi connectivity index (χ2n) is 6.23. The van der Waals surface area contributed by atoms with Gasteiger partial charge in [-0.2, -0.15) is 0 Å². The van der Waals surface area contributed by atoms with Gasteiger partial charge in [-0.15, -0.1) is 11.3 Å². The SMILES string of the molecule is O=C(NC1=N[C@@]2(c3cc(Br)cs3)CCOC[C@H]2C(O)S1)c1ccccc1. The second kappa shape index (κ2) is 7.44. The van der Waals surface area contributed by atoms with E-state index in [0.29, 0.717) is 30.4 Å². The summed E-state index contributed by atoms with van der Waals surface area (Å²) in [5.74, 6) is -0.374. The largest absolute Gasteiger partial charge is 0.381 e. The number of hydrogen-bond donors (Lipinski definition) is 2. The van der Waals surface area contributed by atoms with Crippen molar-refractivity contribution in [3.05, 3.63) is 56.7 Å². The Hall–Kier alpha value is -1.19. The number of nitrogens with zero attached hydrogens (tertiary/aromatic N) is 1. The number of ether oxygens (including phenoxy) is 1. The van der Waals surface area contributed by atoms with E-state index >= 15 is 0 Å². The van der Waals surface area contributed by atoms with Crippen LogP contribution >= 0.6 is 39.0 Å². The number of amidine groups is 1. The molecule has 2 aliphatic heterocycles. The number of carbonyl (C=O) groups is 1. The summed E-state index contributed by atoms with van der Waals surface area (Å²) in [5.41, 5.74) is -0.703. The number of fused-ring (bicyclic) bond motifs is 1. The number of aliphatic hydroxyl groups is 1. The summed E-state index contributed by atoms with van der Waals surface area (Å²) < 4.78 is 6.61. The van der Waals surface area contributed by atoms with Crippen molar-refractivity contribution in [3.8, 4) is 0 Å². The molecule has 3 heterocycles. The molecule has 1 aromatic heterocycles. The van der Waals surface area contributed by atoms with Crippen LogP contribution in [0.4, 0.5) is 0 Å². The predicted molar refractivity (Wildman–Crippen MR) is 108 cm³/mol. The lowest BCUT2D eigenvalue weighted by atomic mass is 9.79. The molecule has 0 spiro atoms. The predicted octanol–water partition coefficient (Wildman–Crippen LogP) is 3.59. The van der Waals surface area contributed by atoms with Crippen molar-refractivity contribution >= 4 is 50.1 Å². The highest BCUT2D eigenvalue weighted by Gasteiger charge is 2.51. The minimum atomic E-state index is -0.695. The summed E-state index contributed by atoms with van der Waals surface area (Å²) in [4.78, 5) is 18.5. The lowest BCUT2D eigenvalue weighted by Crippen LogP contribution is -2.51. The number of aliphatic hydroxyl groups excluding tert-OH is 1. The average molecular weight is 453 g/mol. The topological polar surface area (TPSA) is 70.9 Å². The standard InChI is InChI=1S/C18H17BrN2O3S2/c19-12-8-14(25-10-12)18-6-7-24-9-13(18)16(23)26-17(21-18)20-15(22)11-4-2-1-3-5-11/h1-5,8,10,13,16,23H,6-7,9H2,(H,20,21,22)/t13-,16?,18-/m0/s1. The van der Waals surface area contributed by atoms with Crippen molar-refractivity contribution in [2.75, 3.05) is 13.2 Å². The van der Waals surface area contributed by atoms with Crippen LogP contribution in [0.3, 0.4) is 0 Å². The van der Waals surface area contributed by atoms with Crippen molar-refractivity contribution in [1.82, 2.24) is 5.32 Å². The smallest absolute Gasteiger partial charge is 0.257 e. The highest BCUT2D eigenvalue weighted by atomic mass is 79.9. The number of hydrogen-bond acceptors (Lipinski definition) is 6. The van der Waals surface area contributed by atoms with Gasteiger partial charge in [0, 0.05) is 39.2 Å². The van der Waals surface area contributed by atoms with Gasteiger partial charge in [-0.05, 0) is 34.1 Å². The van der Waals surface area contributed by atoms with E-state index in [9.17, 15) is 9.90 Å². The molecule has 0 saturated carbocycles. The molecular formula is C18H17BrN2O3S2. The fourth-order valence-electron chi connectivity index (χ4n) is 3.34. The number of halogens is 1. The molecule has 5 nitrogen and oxygen atoms in total. The molecule has 26 heavy (non-hydrogen) atoms. The first kappa shape index (κ1) is 18.2. The van der Waals surface area contributed by atoms with Crippen LogP contribution < -0.4 is 5.32 Å². The summed E-state index contributed by atoms with van der Waals surface area (Å²) in [7, 11) is 0. The molecule has 0 aliphatic carbocycles. The van der Waals surface area contributed by atoms with E-state index in [1.807, 2.05) is 29.6 Å². The maximum absolute atomic E-state index is 12.5. The van der Waals surface area contributed by atoms with Gasteiger partial charge in [0.25, 0.3) is 5.91 Å². The van der Waals surface area contributed by atoms with Crippen molar-refractivity contribution in [3.63, 3.8) is 0 Å². The van der Waals surface area contributed by atoms with Gasteiger partial charge in [0.05, 0.1) is 6.61 Å².